The van der Waals surface area contributed by atoms with E-state index in [2.05, 4.69) is 13.8 Å². The Morgan fingerprint density at radius 1 is 1.15 bits per heavy atom. The molecule has 1 aliphatic carbocycles. The highest BCUT2D eigenvalue weighted by Crippen LogP contribution is 2.44. The van der Waals surface area contributed by atoms with Gasteiger partial charge in [-0.3, -0.25) is 0 Å². The summed E-state index contributed by atoms with van der Waals surface area (Å²) in [5, 5.41) is 0. The molecule has 0 amide bonds. The first kappa shape index (κ1) is 9.26. The van der Waals surface area contributed by atoms with Gasteiger partial charge >= 0.3 is 0 Å². The molecule has 1 aliphatic heterocycles. The number of hydrogen-bond donors (Lipinski definition) is 0. The van der Waals surface area contributed by atoms with Gasteiger partial charge < -0.3 is 4.74 Å². The molecule has 0 bridgehead atoms. The van der Waals surface area contributed by atoms with Crippen LogP contribution >= 0.6 is 0 Å². The van der Waals surface area contributed by atoms with Crippen LogP contribution in [0, 0.1) is 5.41 Å². The summed E-state index contributed by atoms with van der Waals surface area (Å²) in [5.74, 6) is 0. The molecule has 1 spiro atoms. The van der Waals surface area contributed by atoms with Crippen LogP contribution in [0.15, 0.2) is 11.1 Å². The summed E-state index contributed by atoms with van der Waals surface area (Å²) in [7, 11) is 0. The predicted octanol–water partition coefficient (Wildman–Crippen LogP) is 3.30. The fourth-order valence-electron chi connectivity index (χ4n) is 2.71. The zero-order chi connectivity index (χ0) is 9.31. The second kappa shape index (κ2) is 3.45. The highest BCUT2D eigenvalue weighted by molar-refractivity contribution is 5.16. The quantitative estimate of drug-likeness (QED) is 0.520. The van der Waals surface area contributed by atoms with E-state index in [4.69, 9.17) is 4.74 Å². The van der Waals surface area contributed by atoms with Gasteiger partial charge in [-0.1, -0.05) is 11.1 Å². The highest BCUT2D eigenvalue weighted by Gasteiger charge is 2.35. The Morgan fingerprint density at radius 3 is 2.62 bits per heavy atom. The van der Waals surface area contributed by atoms with Crippen LogP contribution < -0.4 is 0 Å². The normalized spacial score (nSPS) is 35.5. The molecule has 74 valence electrons. The Bertz CT molecular complexity index is 221. The molecule has 1 atom stereocenters. The van der Waals surface area contributed by atoms with Crippen molar-refractivity contribution in [1.82, 2.24) is 0 Å². The topological polar surface area (TPSA) is 9.23 Å². The van der Waals surface area contributed by atoms with E-state index in [1.54, 1.807) is 11.1 Å². The van der Waals surface area contributed by atoms with Crippen LogP contribution in [0.3, 0.4) is 0 Å². The van der Waals surface area contributed by atoms with E-state index in [1.807, 2.05) is 0 Å². The number of hydrogen-bond acceptors (Lipinski definition) is 1. The minimum atomic E-state index is 0.530. The van der Waals surface area contributed by atoms with E-state index in [0.717, 1.165) is 13.2 Å². The molecule has 0 aromatic heterocycles. The molecular weight excluding hydrogens is 160 g/mol. The van der Waals surface area contributed by atoms with Gasteiger partial charge in [0.1, 0.15) is 0 Å². The van der Waals surface area contributed by atoms with Crippen molar-refractivity contribution in [2.45, 2.75) is 46.0 Å². The third-order valence-corrected chi connectivity index (χ3v) is 3.80. The first-order valence-electron chi connectivity index (χ1n) is 5.45. The predicted molar refractivity (Wildman–Crippen MR) is 54.7 cm³/mol. The molecule has 0 aromatic rings. The third-order valence-electron chi connectivity index (χ3n) is 3.80. The maximum Gasteiger partial charge on any atom is 0.0525 e. The van der Waals surface area contributed by atoms with Crippen molar-refractivity contribution < 1.29 is 4.74 Å². The molecule has 1 fully saturated rings. The van der Waals surface area contributed by atoms with E-state index in [9.17, 15) is 0 Å². The van der Waals surface area contributed by atoms with Crippen molar-refractivity contribution in [3.8, 4) is 0 Å². The van der Waals surface area contributed by atoms with Gasteiger partial charge in [0, 0.05) is 6.61 Å². The van der Waals surface area contributed by atoms with Gasteiger partial charge in [0.05, 0.1) is 6.61 Å². The Morgan fingerprint density at radius 2 is 2.00 bits per heavy atom. The van der Waals surface area contributed by atoms with Crippen LogP contribution in [0.1, 0.15) is 46.0 Å². The monoisotopic (exact) mass is 180 g/mol. The maximum absolute atomic E-state index is 5.62. The summed E-state index contributed by atoms with van der Waals surface area (Å²) >= 11 is 0. The number of rotatable bonds is 0. The fourth-order valence-corrected chi connectivity index (χ4v) is 2.71. The molecule has 1 heterocycles. The Balaban J connectivity index is 2.09. The van der Waals surface area contributed by atoms with E-state index in [1.165, 1.54) is 32.1 Å². The van der Waals surface area contributed by atoms with E-state index >= 15 is 0 Å². The van der Waals surface area contributed by atoms with Gasteiger partial charge in [0.25, 0.3) is 0 Å². The number of ether oxygens (including phenoxy) is 1. The molecule has 1 unspecified atom stereocenters. The van der Waals surface area contributed by atoms with Crippen LogP contribution in [-0.4, -0.2) is 13.2 Å². The smallest absolute Gasteiger partial charge is 0.0525 e. The molecule has 13 heavy (non-hydrogen) atoms. The lowest BCUT2D eigenvalue weighted by atomic mass is 9.69. The van der Waals surface area contributed by atoms with Crippen molar-refractivity contribution in [2.75, 3.05) is 13.2 Å². The van der Waals surface area contributed by atoms with Crippen molar-refractivity contribution in [3.63, 3.8) is 0 Å². The minimum Gasteiger partial charge on any atom is -0.381 e. The average molecular weight is 180 g/mol. The molecule has 2 aliphatic rings. The third kappa shape index (κ3) is 1.80. The zero-order valence-electron chi connectivity index (χ0n) is 8.86. The summed E-state index contributed by atoms with van der Waals surface area (Å²) in [6, 6.07) is 0. The van der Waals surface area contributed by atoms with Crippen LogP contribution in [0.4, 0.5) is 0 Å². The van der Waals surface area contributed by atoms with Crippen LogP contribution in [-0.2, 0) is 4.74 Å². The van der Waals surface area contributed by atoms with E-state index in [0.29, 0.717) is 5.41 Å². The summed E-state index contributed by atoms with van der Waals surface area (Å²) in [4.78, 5) is 0. The maximum atomic E-state index is 5.62. The van der Waals surface area contributed by atoms with Gasteiger partial charge in [-0.15, -0.1) is 0 Å². The van der Waals surface area contributed by atoms with Crippen molar-refractivity contribution >= 4 is 0 Å². The molecule has 0 N–H and O–H groups in total. The van der Waals surface area contributed by atoms with Crippen LogP contribution in [0.25, 0.3) is 0 Å². The Kier molecular flexibility index (Phi) is 2.46. The molecule has 0 radical (unpaired) electrons. The lowest BCUT2D eigenvalue weighted by molar-refractivity contribution is -0.0152. The molecule has 1 saturated heterocycles. The van der Waals surface area contributed by atoms with Crippen LogP contribution in [0.2, 0.25) is 0 Å². The summed E-state index contributed by atoms with van der Waals surface area (Å²) in [6.07, 6.45) is 6.61. The molecule has 1 nitrogen and oxygen atoms in total. The Labute approximate surface area is 81.2 Å². The highest BCUT2D eigenvalue weighted by atomic mass is 16.5. The summed E-state index contributed by atoms with van der Waals surface area (Å²) in [5.41, 5.74) is 3.77. The molecule has 0 saturated carbocycles. The van der Waals surface area contributed by atoms with Gasteiger partial charge in [-0.05, 0) is 51.4 Å². The Hall–Kier alpha value is -0.300. The fraction of sp³-hybridized carbons (Fsp3) is 0.833. The lowest BCUT2D eigenvalue weighted by Crippen LogP contribution is -2.34. The second-order valence-electron chi connectivity index (χ2n) is 4.89. The van der Waals surface area contributed by atoms with Crippen molar-refractivity contribution in [1.29, 1.82) is 0 Å². The lowest BCUT2D eigenvalue weighted by Gasteiger charge is -2.40. The number of allylic oxidation sites excluding steroid dienone is 2. The van der Waals surface area contributed by atoms with Crippen molar-refractivity contribution in [2.24, 2.45) is 5.41 Å². The molecular formula is C12H20O. The first-order chi connectivity index (χ1) is 6.22. The average Bonchev–Trinajstić information content (AvgIpc) is 2.14. The van der Waals surface area contributed by atoms with Crippen LogP contribution in [0.5, 0.6) is 0 Å². The van der Waals surface area contributed by atoms with E-state index < -0.39 is 0 Å². The minimum absolute atomic E-state index is 0.530. The van der Waals surface area contributed by atoms with Crippen molar-refractivity contribution in [3.05, 3.63) is 11.1 Å². The zero-order valence-corrected chi connectivity index (χ0v) is 8.86. The molecule has 2 rings (SSSR count). The van der Waals surface area contributed by atoms with Gasteiger partial charge in [-0.2, -0.15) is 0 Å². The SMILES string of the molecule is CC1=C(C)CC2(CCCOC2)CC1. The molecule has 0 aromatic carbocycles. The largest absolute Gasteiger partial charge is 0.381 e. The summed E-state index contributed by atoms with van der Waals surface area (Å²) in [6.45, 7) is 6.58. The summed E-state index contributed by atoms with van der Waals surface area (Å²) < 4.78 is 5.62. The standard InChI is InChI=1S/C12H20O/c1-10-4-6-12(8-11(10)2)5-3-7-13-9-12/h3-9H2,1-2H3. The van der Waals surface area contributed by atoms with E-state index in [-0.39, 0.29) is 0 Å². The molecule has 1 heteroatoms. The second-order valence-corrected chi connectivity index (χ2v) is 4.89. The van der Waals surface area contributed by atoms with Gasteiger partial charge in [0.2, 0.25) is 0 Å². The first-order valence-corrected chi connectivity index (χ1v) is 5.45. The van der Waals surface area contributed by atoms with Gasteiger partial charge in [0.15, 0.2) is 0 Å². The van der Waals surface area contributed by atoms with Gasteiger partial charge in [-0.25, -0.2) is 0 Å².